The first-order valence-corrected chi connectivity index (χ1v) is 6.51. The molecule has 0 saturated carbocycles. The van der Waals surface area contributed by atoms with E-state index in [9.17, 15) is 0 Å². The van der Waals surface area contributed by atoms with Gasteiger partial charge >= 0.3 is 0 Å². The summed E-state index contributed by atoms with van der Waals surface area (Å²) in [5.74, 6) is 0.636. The normalized spacial score (nSPS) is 17.1. The van der Waals surface area contributed by atoms with Crippen LogP contribution in [-0.2, 0) is 11.2 Å². The second kappa shape index (κ2) is 6.53. The summed E-state index contributed by atoms with van der Waals surface area (Å²) in [7, 11) is 1.72. The fraction of sp³-hybridized carbons (Fsp3) is 0.533. The zero-order chi connectivity index (χ0) is 12.8. The standard InChI is InChI=1S/C15H20N2O/c1-18-10-9-17(8-4-7-16)12-14-11-13-5-2-3-6-15(13)14/h2-3,5-6,14H,4,8-12H2,1H3. The molecule has 3 nitrogen and oxygen atoms in total. The number of methoxy groups -OCH3 is 1. The van der Waals surface area contributed by atoms with Gasteiger partial charge in [-0.2, -0.15) is 5.26 Å². The Hall–Kier alpha value is -1.37. The predicted octanol–water partition coefficient (Wildman–Crippen LogP) is 2.19. The molecule has 3 heteroatoms. The maximum absolute atomic E-state index is 8.70. The van der Waals surface area contributed by atoms with E-state index in [2.05, 4.69) is 35.2 Å². The molecule has 0 radical (unpaired) electrons. The lowest BCUT2D eigenvalue weighted by molar-refractivity contribution is 0.143. The van der Waals surface area contributed by atoms with Gasteiger partial charge in [0.25, 0.3) is 0 Å². The Morgan fingerprint density at radius 3 is 2.94 bits per heavy atom. The molecule has 18 heavy (non-hydrogen) atoms. The largest absolute Gasteiger partial charge is 0.383 e. The maximum atomic E-state index is 8.70. The monoisotopic (exact) mass is 244 g/mol. The zero-order valence-corrected chi connectivity index (χ0v) is 10.9. The third kappa shape index (κ3) is 3.10. The zero-order valence-electron chi connectivity index (χ0n) is 10.9. The second-order valence-electron chi connectivity index (χ2n) is 4.80. The van der Waals surface area contributed by atoms with Gasteiger partial charge in [-0.3, -0.25) is 4.90 Å². The molecule has 0 N–H and O–H groups in total. The molecule has 1 atom stereocenters. The van der Waals surface area contributed by atoms with Crippen LogP contribution in [0.1, 0.15) is 23.5 Å². The van der Waals surface area contributed by atoms with E-state index in [1.807, 2.05) is 0 Å². The van der Waals surface area contributed by atoms with Crippen molar-refractivity contribution in [3.63, 3.8) is 0 Å². The van der Waals surface area contributed by atoms with Crippen molar-refractivity contribution in [2.45, 2.75) is 18.8 Å². The summed E-state index contributed by atoms with van der Waals surface area (Å²) in [6, 6.07) is 10.9. The summed E-state index contributed by atoms with van der Waals surface area (Å²) in [6.07, 6.45) is 1.77. The van der Waals surface area contributed by atoms with E-state index in [-0.39, 0.29) is 0 Å². The van der Waals surface area contributed by atoms with E-state index in [4.69, 9.17) is 10.00 Å². The van der Waals surface area contributed by atoms with Gasteiger partial charge in [-0.1, -0.05) is 24.3 Å². The van der Waals surface area contributed by atoms with Crippen LogP contribution >= 0.6 is 0 Å². The molecule has 1 aliphatic carbocycles. The molecule has 1 aromatic rings. The van der Waals surface area contributed by atoms with Crippen molar-refractivity contribution >= 4 is 0 Å². The molecule has 1 aliphatic rings. The number of hydrogen-bond donors (Lipinski definition) is 0. The molecule has 0 spiro atoms. The summed E-state index contributed by atoms with van der Waals surface area (Å²) >= 11 is 0. The molecule has 0 aromatic heterocycles. The van der Waals surface area contributed by atoms with Crippen molar-refractivity contribution in [1.82, 2.24) is 4.90 Å². The third-order valence-electron chi connectivity index (χ3n) is 3.59. The Morgan fingerprint density at radius 2 is 2.22 bits per heavy atom. The number of rotatable bonds is 7. The van der Waals surface area contributed by atoms with Gasteiger partial charge in [0, 0.05) is 39.1 Å². The highest BCUT2D eigenvalue weighted by Gasteiger charge is 2.26. The SMILES string of the molecule is COCCN(CCC#N)CC1Cc2ccccc21. The average molecular weight is 244 g/mol. The summed E-state index contributed by atoms with van der Waals surface area (Å²) in [6.45, 7) is 3.54. The summed E-state index contributed by atoms with van der Waals surface area (Å²) in [4.78, 5) is 2.34. The molecule has 1 unspecified atom stereocenters. The van der Waals surface area contributed by atoms with Gasteiger partial charge in [0.05, 0.1) is 12.7 Å². The minimum Gasteiger partial charge on any atom is -0.383 e. The lowest BCUT2D eigenvalue weighted by atomic mass is 9.77. The number of nitriles is 1. The summed E-state index contributed by atoms with van der Waals surface area (Å²) in [5.41, 5.74) is 2.96. The Morgan fingerprint density at radius 1 is 1.39 bits per heavy atom. The van der Waals surface area contributed by atoms with E-state index in [1.165, 1.54) is 17.5 Å². The van der Waals surface area contributed by atoms with Crippen molar-refractivity contribution in [3.05, 3.63) is 35.4 Å². The number of ether oxygens (including phenoxy) is 1. The quantitative estimate of drug-likeness (QED) is 0.737. The molecular weight excluding hydrogens is 224 g/mol. The first-order valence-electron chi connectivity index (χ1n) is 6.51. The Balaban J connectivity index is 1.88. The van der Waals surface area contributed by atoms with E-state index in [0.717, 1.165) is 26.2 Å². The van der Waals surface area contributed by atoms with Crippen LogP contribution in [0.25, 0.3) is 0 Å². The van der Waals surface area contributed by atoms with Gasteiger partial charge in [-0.25, -0.2) is 0 Å². The van der Waals surface area contributed by atoms with Gasteiger partial charge in [0.1, 0.15) is 0 Å². The molecule has 96 valence electrons. The molecule has 1 aromatic carbocycles. The Labute approximate surface area is 109 Å². The maximum Gasteiger partial charge on any atom is 0.0635 e. The molecule has 0 aliphatic heterocycles. The molecule has 0 fully saturated rings. The second-order valence-corrected chi connectivity index (χ2v) is 4.80. The topological polar surface area (TPSA) is 36.3 Å². The third-order valence-corrected chi connectivity index (χ3v) is 3.59. The van der Waals surface area contributed by atoms with E-state index >= 15 is 0 Å². The molecule has 0 heterocycles. The number of benzene rings is 1. The Bertz CT molecular complexity index is 425. The fourth-order valence-corrected chi connectivity index (χ4v) is 2.56. The average Bonchev–Trinajstić information content (AvgIpc) is 2.38. The summed E-state index contributed by atoms with van der Waals surface area (Å²) < 4.78 is 5.13. The van der Waals surface area contributed by atoms with Gasteiger partial charge in [0.15, 0.2) is 0 Å². The highest BCUT2D eigenvalue weighted by molar-refractivity contribution is 5.40. The highest BCUT2D eigenvalue weighted by Crippen LogP contribution is 2.35. The lowest BCUT2D eigenvalue weighted by Gasteiger charge is -2.34. The van der Waals surface area contributed by atoms with Crippen LogP contribution in [0.15, 0.2) is 24.3 Å². The van der Waals surface area contributed by atoms with Crippen molar-refractivity contribution in [3.8, 4) is 6.07 Å². The minimum absolute atomic E-state index is 0.595. The number of hydrogen-bond acceptors (Lipinski definition) is 3. The van der Waals surface area contributed by atoms with Crippen LogP contribution in [0.5, 0.6) is 0 Å². The molecule has 0 saturated heterocycles. The van der Waals surface area contributed by atoms with Crippen LogP contribution in [0.4, 0.5) is 0 Å². The molecular formula is C15H20N2O. The van der Waals surface area contributed by atoms with E-state index in [1.54, 1.807) is 7.11 Å². The van der Waals surface area contributed by atoms with Crippen molar-refractivity contribution in [2.24, 2.45) is 0 Å². The van der Waals surface area contributed by atoms with Crippen LogP contribution in [0, 0.1) is 11.3 Å². The number of nitrogens with zero attached hydrogens (tertiary/aromatic N) is 2. The van der Waals surface area contributed by atoms with Gasteiger partial charge in [-0.05, 0) is 17.5 Å². The first kappa shape index (κ1) is 13.1. The van der Waals surface area contributed by atoms with E-state index < -0.39 is 0 Å². The van der Waals surface area contributed by atoms with Gasteiger partial charge < -0.3 is 4.74 Å². The first-order chi connectivity index (χ1) is 8.85. The van der Waals surface area contributed by atoms with Crippen molar-refractivity contribution < 1.29 is 4.74 Å². The predicted molar refractivity (Wildman–Crippen MR) is 71.4 cm³/mol. The summed E-state index contributed by atoms with van der Waals surface area (Å²) in [5, 5.41) is 8.70. The molecule has 0 amide bonds. The van der Waals surface area contributed by atoms with Crippen LogP contribution < -0.4 is 0 Å². The fourth-order valence-electron chi connectivity index (χ4n) is 2.56. The highest BCUT2D eigenvalue weighted by atomic mass is 16.5. The van der Waals surface area contributed by atoms with Gasteiger partial charge in [-0.15, -0.1) is 0 Å². The smallest absolute Gasteiger partial charge is 0.0635 e. The van der Waals surface area contributed by atoms with Crippen molar-refractivity contribution in [1.29, 1.82) is 5.26 Å². The van der Waals surface area contributed by atoms with Crippen LogP contribution in [0.2, 0.25) is 0 Å². The molecule has 0 bridgehead atoms. The van der Waals surface area contributed by atoms with Crippen LogP contribution in [-0.4, -0.2) is 38.3 Å². The van der Waals surface area contributed by atoms with Crippen LogP contribution in [0.3, 0.4) is 0 Å². The molecule has 2 rings (SSSR count). The van der Waals surface area contributed by atoms with E-state index in [0.29, 0.717) is 12.3 Å². The Kier molecular flexibility index (Phi) is 4.74. The lowest BCUT2D eigenvalue weighted by Crippen LogP contribution is -2.36. The van der Waals surface area contributed by atoms with Gasteiger partial charge in [0.2, 0.25) is 0 Å². The van der Waals surface area contributed by atoms with Crippen molar-refractivity contribution in [2.75, 3.05) is 33.4 Å². The number of fused-ring (bicyclic) bond motifs is 1. The minimum atomic E-state index is 0.595.